The quantitative estimate of drug-likeness (QED) is 0.286. The minimum Gasteiger partial charge on any atom is -0.411 e. The van der Waals surface area contributed by atoms with E-state index in [4.69, 9.17) is 10.4 Å². The van der Waals surface area contributed by atoms with Gasteiger partial charge in [-0.15, -0.1) is 0 Å². The van der Waals surface area contributed by atoms with Crippen LogP contribution in [-0.2, 0) is 0 Å². The van der Waals surface area contributed by atoms with Crippen molar-refractivity contribution in [1.29, 1.82) is 0 Å². The Kier molecular flexibility index (Phi) is 3.19. The van der Waals surface area contributed by atoms with Crippen LogP contribution in [0.2, 0.25) is 0 Å². The van der Waals surface area contributed by atoms with Crippen molar-refractivity contribution in [3.05, 3.63) is 105 Å². The highest BCUT2D eigenvalue weighted by molar-refractivity contribution is 5.83. The molecule has 26 heavy (non-hydrogen) atoms. The van der Waals surface area contributed by atoms with Gasteiger partial charge in [-0.05, 0) is 56.6 Å². The SMILES string of the molecule is O/N=C/c1ccc2c(c1)[C@@H]1c3ccccc3[C@H]2c2cc(/C=N/O)ccc21. The van der Waals surface area contributed by atoms with Crippen LogP contribution in [0.15, 0.2) is 71.0 Å². The molecule has 0 amide bonds. The summed E-state index contributed by atoms with van der Waals surface area (Å²) in [5.41, 5.74) is 9.55. The fourth-order valence-corrected chi connectivity index (χ4v) is 4.55. The van der Waals surface area contributed by atoms with Gasteiger partial charge in [0.25, 0.3) is 0 Å². The molecule has 0 saturated carbocycles. The van der Waals surface area contributed by atoms with Gasteiger partial charge in [0, 0.05) is 11.8 Å². The third-order valence-corrected chi connectivity index (χ3v) is 5.50. The van der Waals surface area contributed by atoms with Crippen molar-refractivity contribution >= 4 is 12.4 Å². The zero-order chi connectivity index (χ0) is 17.7. The lowest BCUT2D eigenvalue weighted by Crippen LogP contribution is -2.27. The standard InChI is InChI=1S/C22H16N2O2/c25-23-11-13-6-8-18-19(9-13)21-15-3-1-2-4-16(15)22(18)20-10-14(12-24-26)5-7-17(20)21/h1-12,21-22,25-26H/b23-11+,24-12+/t21-,22-/m1/s1. The van der Waals surface area contributed by atoms with E-state index in [9.17, 15) is 0 Å². The second-order valence-electron chi connectivity index (χ2n) is 6.76. The average Bonchev–Trinajstić information content (AvgIpc) is 2.68. The second-order valence-corrected chi connectivity index (χ2v) is 6.76. The number of nitrogens with zero attached hydrogens (tertiary/aromatic N) is 2. The fourth-order valence-electron chi connectivity index (χ4n) is 4.55. The monoisotopic (exact) mass is 340 g/mol. The largest absolute Gasteiger partial charge is 0.411 e. The van der Waals surface area contributed by atoms with Crippen LogP contribution in [0.4, 0.5) is 0 Å². The van der Waals surface area contributed by atoms with Crippen molar-refractivity contribution in [3.63, 3.8) is 0 Å². The summed E-state index contributed by atoms with van der Waals surface area (Å²) in [5.74, 6) is 0.321. The van der Waals surface area contributed by atoms with E-state index in [1.54, 1.807) is 0 Å². The first kappa shape index (κ1) is 14.9. The molecule has 0 aromatic heterocycles. The minimum atomic E-state index is 0.161. The van der Waals surface area contributed by atoms with Crippen molar-refractivity contribution in [1.82, 2.24) is 0 Å². The highest BCUT2D eigenvalue weighted by Crippen LogP contribution is 2.55. The van der Waals surface area contributed by atoms with Crippen LogP contribution < -0.4 is 0 Å². The lowest BCUT2D eigenvalue weighted by molar-refractivity contribution is 0.321. The van der Waals surface area contributed by atoms with Gasteiger partial charge in [0.2, 0.25) is 0 Å². The highest BCUT2D eigenvalue weighted by Gasteiger charge is 2.41. The molecule has 2 atom stereocenters. The Bertz CT molecular complexity index is 999. The molecular weight excluding hydrogens is 324 g/mol. The Labute approximate surface area is 150 Å². The molecule has 3 aromatic rings. The second kappa shape index (κ2) is 5.56. The number of benzene rings is 3. The molecule has 4 heteroatoms. The summed E-state index contributed by atoms with van der Waals surface area (Å²) in [6.07, 6.45) is 2.94. The van der Waals surface area contributed by atoms with Crippen LogP contribution in [-0.4, -0.2) is 22.8 Å². The molecule has 6 rings (SSSR count). The van der Waals surface area contributed by atoms with Gasteiger partial charge in [0.15, 0.2) is 0 Å². The van der Waals surface area contributed by atoms with Gasteiger partial charge in [0.05, 0.1) is 12.4 Å². The van der Waals surface area contributed by atoms with Crippen LogP contribution in [0.5, 0.6) is 0 Å². The summed E-state index contributed by atoms with van der Waals surface area (Å²) < 4.78 is 0. The Morgan fingerprint density at radius 3 is 1.42 bits per heavy atom. The van der Waals surface area contributed by atoms with Crippen molar-refractivity contribution < 1.29 is 10.4 Å². The molecule has 126 valence electrons. The topological polar surface area (TPSA) is 65.2 Å². The van der Waals surface area contributed by atoms with Crippen LogP contribution in [0, 0.1) is 0 Å². The number of hydrogen-bond acceptors (Lipinski definition) is 4. The van der Waals surface area contributed by atoms with Gasteiger partial charge in [-0.2, -0.15) is 0 Å². The van der Waals surface area contributed by atoms with E-state index in [2.05, 4.69) is 58.8 Å². The van der Waals surface area contributed by atoms with Crippen LogP contribution in [0.1, 0.15) is 56.3 Å². The van der Waals surface area contributed by atoms with Crippen molar-refractivity contribution in [2.75, 3.05) is 0 Å². The lowest BCUT2D eigenvalue weighted by Gasteiger charge is -2.42. The summed E-state index contributed by atoms with van der Waals surface area (Å²) >= 11 is 0. The van der Waals surface area contributed by atoms with Crippen molar-refractivity contribution in [3.8, 4) is 0 Å². The van der Waals surface area contributed by atoms with E-state index in [0.29, 0.717) is 0 Å². The Morgan fingerprint density at radius 2 is 1.00 bits per heavy atom. The van der Waals surface area contributed by atoms with E-state index in [1.807, 2.05) is 12.1 Å². The molecule has 0 spiro atoms. The van der Waals surface area contributed by atoms with Gasteiger partial charge >= 0.3 is 0 Å². The Balaban J connectivity index is 1.80. The van der Waals surface area contributed by atoms with Gasteiger partial charge in [-0.3, -0.25) is 0 Å². The molecule has 0 saturated heterocycles. The summed E-state index contributed by atoms with van der Waals surface area (Å²) in [5, 5.41) is 24.1. The summed E-state index contributed by atoms with van der Waals surface area (Å²) in [4.78, 5) is 0. The van der Waals surface area contributed by atoms with E-state index >= 15 is 0 Å². The summed E-state index contributed by atoms with van der Waals surface area (Å²) in [7, 11) is 0. The highest BCUT2D eigenvalue weighted by atomic mass is 16.4. The Morgan fingerprint density at radius 1 is 0.577 bits per heavy atom. The van der Waals surface area contributed by atoms with E-state index in [0.717, 1.165) is 11.1 Å². The first-order valence-corrected chi connectivity index (χ1v) is 8.53. The fraction of sp³-hybridized carbons (Fsp3) is 0.0909. The molecule has 0 fully saturated rings. The smallest absolute Gasteiger partial charge is 0.0733 e. The average molecular weight is 340 g/mol. The molecule has 0 radical (unpaired) electrons. The molecule has 2 bridgehead atoms. The maximum atomic E-state index is 8.89. The first-order valence-electron chi connectivity index (χ1n) is 8.53. The Hall–Kier alpha value is -3.40. The van der Waals surface area contributed by atoms with E-state index in [1.165, 1.54) is 45.8 Å². The molecule has 3 aliphatic carbocycles. The predicted molar refractivity (Wildman–Crippen MR) is 100.0 cm³/mol. The number of rotatable bonds is 2. The lowest BCUT2D eigenvalue weighted by atomic mass is 9.61. The van der Waals surface area contributed by atoms with Gasteiger partial charge < -0.3 is 10.4 Å². The zero-order valence-corrected chi connectivity index (χ0v) is 13.9. The first-order chi connectivity index (χ1) is 12.8. The summed E-state index contributed by atoms with van der Waals surface area (Å²) in [6, 6.07) is 21.1. The number of oxime groups is 2. The molecule has 3 aromatic carbocycles. The molecule has 0 unspecified atom stereocenters. The van der Waals surface area contributed by atoms with Crippen LogP contribution in [0.3, 0.4) is 0 Å². The molecule has 2 N–H and O–H groups in total. The molecule has 3 aliphatic rings. The maximum absolute atomic E-state index is 8.89. The molecular formula is C22H16N2O2. The van der Waals surface area contributed by atoms with Crippen molar-refractivity contribution in [2.45, 2.75) is 11.8 Å². The van der Waals surface area contributed by atoms with E-state index in [-0.39, 0.29) is 11.8 Å². The predicted octanol–water partition coefficient (Wildman–Crippen LogP) is 4.29. The molecule has 0 aliphatic heterocycles. The van der Waals surface area contributed by atoms with Gasteiger partial charge in [-0.1, -0.05) is 58.8 Å². The zero-order valence-electron chi connectivity index (χ0n) is 13.9. The van der Waals surface area contributed by atoms with Gasteiger partial charge in [0.1, 0.15) is 0 Å². The summed E-state index contributed by atoms with van der Waals surface area (Å²) in [6.45, 7) is 0. The molecule has 4 nitrogen and oxygen atoms in total. The normalized spacial score (nSPS) is 19.5. The third-order valence-electron chi connectivity index (χ3n) is 5.50. The van der Waals surface area contributed by atoms with Gasteiger partial charge in [-0.25, -0.2) is 0 Å². The van der Waals surface area contributed by atoms with Crippen LogP contribution in [0.25, 0.3) is 0 Å². The maximum Gasteiger partial charge on any atom is 0.0733 e. The minimum absolute atomic E-state index is 0.161. The van der Waals surface area contributed by atoms with Crippen molar-refractivity contribution in [2.24, 2.45) is 10.3 Å². The number of hydrogen-bond donors (Lipinski definition) is 2. The van der Waals surface area contributed by atoms with Crippen LogP contribution >= 0.6 is 0 Å². The van der Waals surface area contributed by atoms with E-state index < -0.39 is 0 Å². The molecule has 0 heterocycles. The third kappa shape index (κ3) is 1.96.